The summed E-state index contributed by atoms with van der Waals surface area (Å²) in [6, 6.07) is 9.58. The molecule has 1 fully saturated rings. The number of benzene rings is 1. The highest BCUT2D eigenvalue weighted by atomic mass is 35.5. The van der Waals surface area contributed by atoms with Crippen molar-refractivity contribution in [2.24, 2.45) is 5.10 Å². The Morgan fingerprint density at radius 3 is 2.24 bits per heavy atom. The number of carbonyl (C=O) groups is 3. The first-order valence-corrected chi connectivity index (χ1v) is 14.9. The molecule has 1 amide bonds. The van der Waals surface area contributed by atoms with Crippen LogP contribution in [0.15, 0.2) is 41.8 Å². The molecule has 3 aromatic rings. The van der Waals surface area contributed by atoms with Crippen LogP contribution in [0.4, 0.5) is 32.2 Å². The van der Waals surface area contributed by atoms with Crippen molar-refractivity contribution in [3.05, 3.63) is 51.4 Å². The van der Waals surface area contributed by atoms with E-state index in [1.165, 1.54) is 17.7 Å². The van der Waals surface area contributed by atoms with Crippen LogP contribution in [-0.4, -0.2) is 102 Å². The van der Waals surface area contributed by atoms with E-state index in [0.29, 0.717) is 25.6 Å². The van der Waals surface area contributed by atoms with Gasteiger partial charge in [-0.05, 0) is 36.8 Å². The second kappa shape index (κ2) is 15.1. The Hall–Kier alpha value is -3.88. The number of alkyl halides is 6. The van der Waals surface area contributed by atoms with E-state index in [4.69, 9.17) is 42.2 Å². The molecule has 4 N–H and O–H groups in total. The number of piperazine rings is 1. The number of amides is 1. The number of nitrogens with zero attached hydrogens (tertiary/aromatic N) is 6. The predicted octanol–water partition coefficient (Wildman–Crippen LogP) is 4.55. The number of thiophene rings is 1. The van der Waals surface area contributed by atoms with E-state index in [1.54, 1.807) is 11.8 Å². The van der Waals surface area contributed by atoms with Gasteiger partial charge in [0.1, 0.15) is 17.2 Å². The number of anilines is 1. The summed E-state index contributed by atoms with van der Waals surface area (Å²) < 4.78 is 64.2. The van der Waals surface area contributed by atoms with Crippen molar-refractivity contribution < 1.29 is 50.9 Å². The summed E-state index contributed by atoms with van der Waals surface area (Å²) in [6.45, 7) is 4.62. The molecule has 0 radical (unpaired) electrons. The van der Waals surface area contributed by atoms with Crippen molar-refractivity contribution in [2.75, 3.05) is 31.4 Å². The summed E-state index contributed by atoms with van der Waals surface area (Å²) >= 11 is 9.28. The third-order valence-corrected chi connectivity index (χ3v) is 8.54. The van der Waals surface area contributed by atoms with Crippen LogP contribution in [0.1, 0.15) is 17.4 Å². The van der Waals surface area contributed by atoms with Gasteiger partial charge in [-0.15, -0.1) is 11.3 Å². The van der Waals surface area contributed by atoms with Crippen LogP contribution in [0.3, 0.4) is 0 Å². The molecular weight excluding hydrogens is 692 g/mol. The molecule has 1 aromatic carbocycles. The van der Waals surface area contributed by atoms with Gasteiger partial charge in [0.25, 0.3) is 0 Å². The quantitative estimate of drug-likeness (QED) is 0.317. The second-order valence-electron chi connectivity index (χ2n) is 9.39. The zero-order chi connectivity index (χ0) is 34.4. The maximum Gasteiger partial charge on any atom is 0.490 e. The fraction of sp³-hybridized carbons (Fsp3) is 0.360. The minimum absolute atomic E-state index is 0.125. The van der Waals surface area contributed by atoms with Crippen LogP contribution in [-0.2, 0) is 20.9 Å². The van der Waals surface area contributed by atoms with E-state index >= 15 is 0 Å². The maximum absolute atomic E-state index is 13.1. The van der Waals surface area contributed by atoms with E-state index in [-0.39, 0.29) is 11.9 Å². The number of aliphatic carboxylic acids is 2. The topological polar surface area (TPSA) is 166 Å². The molecule has 250 valence electrons. The standard InChI is InChI=1S/C21H22ClN7OS2.2C2HF3O2/c1-13-21(30)27(9-14-2-3-15-16(8-14)24-10-25-19(15)23)6-7-28(13)11-29-12-31-20(26-29)17-4-5-18(22)32-17;2*3-2(4,5)1(6)7/h2-5,8,10,13H,6-7,9,11-12H2,1H3,(H2,23,24,25);2*(H,6,7)/t13-;;/m0../s1. The molecule has 12 nitrogen and oxygen atoms in total. The van der Waals surface area contributed by atoms with Crippen LogP contribution < -0.4 is 5.73 Å². The minimum Gasteiger partial charge on any atom is -0.475 e. The smallest absolute Gasteiger partial charge is 0.475 e. The monoisotopic (exact) mass is 715 g/mol. The Bertz CT molecular complexity index is 1580. The number of thioether (sulfide) groups is 1. The molecule has 0 aliphatic carbocycles. The minimum atomic E-state index is -5.08. The summed E-state index contributed by atoms with van der Waals surface area (Å²) in [5, 5.41) is 22.8. The first-order valence-electron chi connectivity index (χ1n) is 12.7. The lowest BCUT2D eigenvalue weighted by molar-refractivity contribution is -0.193. The fourth-order valence-electron chi connectivity index (χ4n) is 3.92. The van der Waals surface area contributed by atoms with Gasteiger partial charge in [-0.3, -0.25) is 14.7 Å². The maximum atomic E-state index is 13.1. The molecule has 2 aliphatic rings. The Kier molecular flexibility index (Phi) is 12.0. The summed E-state index contributed by atoms with van der Waals surface area (Å²) in [5.74, 6) is -4.15. The summed E-state index contributed by atoms with van der Waals surface area (Å²) in [6.07, 6.45) is -8.70. The van der Waals surface area contributed by atoms with Gasteiger partial charge < -0.3 is 20.8 Å². The van der Waals surface area contributed by atoms with Crippen molar-refractivity contribution in [2.45, 2.75) is 31.9 Å². The average molecular weight is 716 g/mol. The highest BCUT2D eigenvalue weighted by Crippen LogP contribution is 2.30. The lowest BCUT2D eigenvalue weighted by atomic mass is 10.1. The van der Waals surface area contributed by atoms with Crippen LogP contribution in [0.5, 0.6) is 0 Å². The molecule has 1 saturated heterocycles. The van der Waals surface area contributed by atoms with Crippen LogP contribution >= 0.6 is 34.7 Å². The zero-order valence-corrected chi connectivity index (χ0v) is 25.8. The number of carbonyl (C=O) groups excluding carboxylic acids is 1. The van der Waals surface area contributed by atoms with E-state index in [1.807, 2.05) is 47.2 Å². The number of carboxylic acids is 2. The lowest BCUT2D eigenvalue weighted by Gasteiger charge is -2.40. The number of aromatic nitrogens is 2. The van der Waals surface area contributed by atoms with Crippen molar-refractivity contribution in [3.63, 3.8) is 0 Å². The average Bonchev–Trinajstić information content (AvgIpc) is 3.61. The molecule has 0 spiro atoms. The van der Waals surface area contributed by atoms with Crippen molar-refractivity contribution >= 4 is 74.3 Å². The number of rotatable bonds is 5. The highest BCUT2D eigenvalue weighted by Gasteiger charge is 2.39. The van der Waals surface area contributed by atoms with Gasteiger partial charge in [0.2, 0.25) is 5.91 Å². The van der Waals surface area contributed by atoms with E-state index in [0.717, 1.165) is 43.1 Å². The molecule has 5 rings (SSSR count). The Morgan fingerprint density at radius 2 is 1.67 bits per heavy atom. The lowest BCUT2D eigenvalue weighted by Crippen LogP contribution is -2.57. The van der Waals surface area contributed by atoms with Gasteiger partial charge in [-0.25, -0.2) is 19.6 Å². The van der Waals surface area contributed by atoms with E-state index in [9.17, 15) is 31.1 Å². The molecule has 4 heterocycles. The molecule has 2 aromatic heterocycles. The molecule has 1 atom stereocenters. The number of hydrazone groups is 1. The van der Waals surface area contributed by atoms with Crippen molar-refractivity contribution in [1.82, 2.24) is 24.8 Å². The molecule has 21 heteroatoms. The van der Waals surface area contributed by atoms with Gasteiger partial charge in [0, 0.05) is 25.0 Å². The fourth-order valence-corrected chi connectivity index (χ4v) is 5.94. The molecule has 0 unspecified atom stereocenters. The SMILES string of the molecule is C[C@H]1C(=O)N(Cc2ccc3c(N)ncnc3c2)CCN1CN1CSC(c2ccc(Cl)s2)=N1.O=C(O)C(F)(F)F.O=C(O)C(F)(F)F. The molecule has 0 saturated carbocycles. The molecule has 46 heavy (non-hydrogen) atoms. The number of hydrogen-bond donors (Lipinski definition) is 3. The number of hydrogen-bond acceptors (Lipinski definition) is 11. The third-order valence-electron chi connectivity index (χ3n) is 6.18. The van der Waals surface area contributed by atoms with E-state index in [2.05, 4.69) is 14.9 Å². The van der Waals surface area contributed by atoms with Gasteiger partial charge in [0.05, 0.1) is 33.3 Å². The first-order chi connectivity index (χ1) is 21.4. The number of nitrogen functional groups attached to an aromatic ring is 1. The van der Waals surface area contributed by atoms with Crippen LogP contribution in [0, 0.1) is 0 Å². The van der Waals surface area contributed by atoms with E-state index < -0.39 is 24.3 Å². The van der Waals surface area contributed by atoms with Gasteiger partial charge in [0.15, 0.2) is 0 Å². The summed E-state index contributed by atoms with van der Waals surface area (Å²) in [5.41, 5.74) is 7.74. The summed E-state index contributed by atoms with van der Waals surface area (Å²) in [4.78, 5) is 44.4. The Balaban J connectivity index is 0.000000345. The number of halogens is 7. The predicted molar refractivity (Wildman–Crippen MR) is 158 cm³/mol. The zero-order valence-electron chi connectivity index (χ0n) is 23.4. The van der Waals surface area contributed by atoms with Crippen LogP contribution in [0.2, 0.25) is 4.34 Å². The van der Waals surface area contributed by atoms with Crippen molar-refractivity contribution in [3.8, 4) is 0 Å². The first kappa shape index (κ1) is 36.6. The van der Waals surface area contributed by atoms with Crippen molar-refractivity contribution in [1.29, 1.82) is 0 Å². The number of fused-ring (bicyclic) bond motifs is 1. The largest absolute Gasteiger partial charge is 0.490 e. The van der Waals surface area contributed by atoms with Gasteiger partial charge in [-0.1, -0.05) is 29.4 Å². The van der Waals surface area contributed by atoms with Gasteiger partial charge in [-0.2, -0.15) is 31.4 Å². The molecule has 0 bridgehead atoms. The molecule has 2 aliphatic heterocycles. The number of carboxylic acid groups (broad SMARTS) is 2. The van der Waals surface area contributed by atoms with Gasteiger partial charge >= 0.3 is 24.3 Å². The third kappa shape index (κ3) is 10.1. The Morgan fingerprint density at radius 1 is 1.04 bits per heavy atom. The highest BCUT2D eigenvalue weighted by molar-refractivity contribution is 8.14. The molecular formula is C25H24ClF6N7O5S2. The summed E-state index contributed by atoms with van der Waals surface area (Å²) in [7, 11) is 0. The number of nitrogens with two attached hydrogens (primary N) is 1. The normalized spacial score (nSPS) is 17.2. The second-order valence-corrected chi connectivity index (χ2v) is 12.0. The van der Waals surface area contributed by atoms with Crippen LogP contribution in [0.25, 0.3) is 10.9 Å². The Labute approximate surface area is 269 Å².